The lowest BCUT2D eigenvalue weighted by atomic mass is 9.86. The summed E-state index contributed by atoms with van der Waals surface area (Å²) in [6.07, 6.45) is 6.49. The van der Waals surface area contributed by atoms with Crippen molar-refractivity contribution in [1.82, 2.24) is 10.6 Å². The molecule has 162 valence electrons. The molecule has 0 aromatic carbocycles. The van der Waals surface area contributed by atoms with Crippen LogP contribution in [-0.2, 0) is 19.1 Å². The molecule has 6 nitrogen and oxygen atoms in total. The highest BCUT2D eigenvalue weighted by molar-refractivity contribution is 5.80. The second-order valence-corrected chi connectivity index (χ2v) is 6.78. The minimum Gasteiger partial charge on any atom is -0.381 e. The van der Waals surface area contributed by atoms with Gasteiger partial charge in [-0.1, -0.05) is 20.8 Å². The van der Waals surface area contributed by atoms with Crippen molar-refractivity contribution in [2.45, 2.75) is 91.5 Å². The molecule has 0 atom stereocenters. The van der Waals surface area contributed by atoms with Crippen LogP contribution in [0.15, 0.2) is 0 Å². The Bertz CT molecular complexity index is 429. The zero-order chi connectivity index (χ0) is 20.5. The number of ketones is 1. The number of hydrogen-bond donors (Lipinski definition) is 2. The molecule has 0 aliphatic heterocycles. The van der Waals surface area contributed by atoms with Crippen LogP contribution in [0.5, 0.6) is 0 Å². The Morgan fingerprint density at radius 1 is 0.963 bits per heavy atom. The standard InChI is InChI=1S/C19H34N2O4.C2H6.2H2/c1-3-17(22)6-5-7-19(24)21-16-10-8-15(9-11-16)14-20-18(23)12-13-25-4-2;1-2;;/h15-16H,3-14H2,1-2H3,(H,20,23)(H,21,24);1-2H3;2*1H. The average Bonchev–Trinajstić information content (AvgIpc) is 2.69. The summed E-state index contributed by atoms with van der Waals surface area (Å²) in [7, 11) is 0. The first-order valence-corrected chi connectivity index (χ1v) is 10.7. The maximum absolute atomic E-state index is 11.9. The van der Waals surface area contributed by atoms with Crippen LogP contribution in [0.4, 0.5) is 0 Å². The molecule has 0 radical (unpaired) electrons. The molecule has 0 unspecified atom stereocenters. The van der Waals surface area contributed by atoms with Crippen molar-refractivity contribution in [2.75, 3.05) is 19.8 Å². The van der Waals surface area contributed by atoms with E-state index < -0.39 is 0 Å². The summed E-state index contributed by atoms with van der Waals surface area (Å²) in [6.45, 7) is 9.59. The van der Waals surface area contributed by atoms with E-state index in [1.54, 1.807) is 0 Å². The molecular weight excluding hydrogens is 344 g/mol. The molecule has 2 N–H and O–H groups in total. The molecule has 0 saturated heterocycles. The van der Waals surface area contributed by atoms with Gasteiger partial charge >= 0.3 is 0 Å². The fourth-order valence-corrected chi connectivity index (χ4v) is 3.09. The molecule has 1 saturated carbocycles. The van der Waals surface area contributed by atoms with Gasteiger partial charge in [0, 0.05) is 47.7 Å². The van der Waals surface area contributed by atoms with E-state index in [9.17, 15) is 14.4 Å². The van der Waals surface area contributed by atoms with Crippen molar-refractivity contribution >= 4 is 17.6 Å². The van der Waals surface area contributed by atoms with E-state index in [0.29, 0.717) is 57.8 Å². The van der Waals surface area contributed by atoms with Crippen LogP contribution >= 0.6 is 0 Å². The van der Waals surface area contributed by atoms with Gasteiger partial charge in [0.2, 0.25) is 11.8 Å². The van der Waals surface area contributed by atoms with Gasteiger partial charge in [-0.2, -0.15) is 0 Å². The number of amides is 2. The van der Waals surface area contributed by atoms with Crippen LogP contribution in [0.3, 0.4) is 0 Å². The van der Waals surface area contributed by atoms with Gasteiger partial charge in [0.25, 0.3) is 0 Å². The Morgan fingerprint density at radius 3 is 2.22 bits per heavy atom. The second kappa shape index (κ2) is 16.7. The predicted molar refractivity (Wildman–Crippen MR) is 113 cm³/mol. The van der Waals surface area contributed by atoms with Crippen molar-refractivity contribution in [1.29, 1.82) is 0 Å². The van der Waals surface area contributed by atoms with Crippen LogP contribution in [0.25, 0.3) is 0 Å². The summed E-state index contributed by atoms with van der Waals surface area (Å²) >= 11 is 0. The Balaban J connectivity index is -0.00000163. The zero-order valence-electron chi connectivity index (χ0n) is 17.8. The van der Waals surface area contributed by atoms with Gasteiger partial charge in [0.1, 0.15) is 5.78 Å². The first kappa shape index (κ1) is 25.6. The molecule has 1 fully saturated rings. The number of Topliss-reactive ketones (excluding diaryl/α,β-unsaturated/α-hetero) is 1. The summed E-state index contributed by atoms with van der Waals surface area (Å²) in [6, 6.07) is 0.235. The van der Waals surface area contributed by atoms with E-state index in [1.165, 1.54) is 0 Å². The van der Waals surface area contributed by atoms with Crippen LogP contribution in [-0.4, -0.2) is 43.4 Å². The average molecular weight is 389 g/mol. The van der Waals surface area contributed by atoms with Crippen molar-refractivity contribution in [3.05, 3.63) is 0 Å². The lowest BCUT2D eigenvalue weighted by Crippen LogP contribution is -2.39. The Hall–Kier alpha value is -1.43. The Morgan fingerprint density at radius 2 is 1.63 bits per heavy atom. The highest BCUT2D eigenvalue weighted by atomic mass is 16.5. The lowest BCUT2D eigenvalue weighted by Gasteiger charge is -2.29. The highest BCUT2D eigenvalue weighted by Gasteiger charge is 2.22. The lowest BCUT2D eigenvalue weighted by molar-refractivity contribution is -0.123. The summed E-state index contributed by atoms with van der Waals surface area (Å²) in [5.74, 6) is 0.810. The first-order valence-electron chi connectivity index (χ1n) is 10.7. The van der Waals surface area contributed by atoms with Gasteiger partial charge < -0.3 is 15.4 Å². The third kappa shape index (κ3) is 13.4. The quantitative estimate of drug-likeness (QED) is 0.497. The Kier molecular flexibility index (Phi) is 15.8. The molecule has 2 amide bonds. The summed E-state index contributed by atoms with van der Waals surface area (Å²) in [5.41, 5.74) is 0. The predicted octanol–water partition coefficient (Wildman–Crippen LogP) is 3.87. The van der Waals surface area contributed by atoms with Crippen LogP contribution in [0.1, 0.15) is 88.3 Å². The first-order chi connectivity index (χ1) is 13.0. The van der Waals surface area contributed by atoms with E-state index in [1.807, 2.05) is 27.7 Å². The molecule has 6 heteroatoms. The van der Waals surface area contributed by atoms with Crippen molar-refractivity contribution < 1.29 is 22.0 Å². The fourth-order valence-electron chi connectivity index (χ4n) is 3.09. The number of carbonyl (C=O) groups excluding carboxylic acids is 3. The van der Waals surface area contributed by atoms with E-state index in [4.69, 9.17) is 4.74 Å². The van der Waals surface area contributed by atoms with Crippen molar-refractivity contribution in [2.24, 2.45) is 5.92 Å². The van der Waals surface area contributed by atoms with Gasteiger partial charge in [-0.15, -0.1) is 0 Å². The summed E-state index contributed by atoms with van der Waals surface area (Å²) < 4.78 is 5.17. The van der Waals surface area contributed by atoms with Crippen molar-refractivity contribution in [3.8, 4) is 0 Å². The molecule has 1 aliphatic rings. The largest absolute Gasteiger partial charge is 0.381 e. The molecule has 1 rings (SSSR count). The van der Waals surface area contributed by atoms with Crippen molar-refractivity contribution in [3.63, 3.8) is 0 Å². The van der Waals surface area contributed by atoms with E-state index in [2.05, 4.69) is 10.6 Å². The summed E-state index contributed by atoms with van der Waals surface area (Å²) in [5, 5.41) is 6.05. The number of hydrogen-bond acceptors (Lipinski definition) is 4. The Labute approximate surface area is 168 Å². The van der Waals surface area contributed by atoms with E-state index in [0.717, 1.165) is 25.7 Å². The number of ether oxygens (including phenoxy) is 1. The smallest absolute Gasteiger partial charge is 0.222 e. The van der Waals surface area contributed by atoms with Gasteiger partial charge in [-0.3, -0.25) is 14.4 Å². The molecule has 0 aromatic rings. The van der Waals surface area contributed by atoms with Gasteiger partial charge in [-0.05, 0) is 44.9 Å². The minimum atomic E-state index is 0. The van der Waals surface area contributed by atoms with E-state index >= 15 is 0 Å². The maximum atomic E-state index is 11.9. The zero-order valence-corrected chi connectivity index (χ0v) is 17.8. The van der Waals surface area contributed by atoms with Gasteiger partial charge in [-0.25, -0.2) is 0 Å². The van der Waals surface area contributed by atoms with Gasteiger partial charge in [0.05, 0.1) is 6.61 Å². The summed E-state index contributed by atoms with van der Waals surface area (Å²) in [4.78, 5) is 34.8. The van der Waals surface area contributed by atoms with Crippen LogP contribution < -0.4 is 10.6 Å². The molecule has 0 aromatic heterocycles. The second-order valence-electron chi connectivity index (χ2n) is 6.78. The fraction of sp³-hybridized carbons (Fsp3) is 0.857. The number of carbonyl (C=O) groups is 3. The molecule has 0 heterocycles. The molecule has 0 bridgehead atoms. The number of nitrogens with one attached hydrogen (secondary N) is 2. The molecule has 0 spiro atoms. The highest BCUT2D eigenvalue weighted by Crippen LogP contribution is 2.23. The molecule has 27 heavy (non-hydrogen) atoms. The topological polar surface area (TPSA) is 84.5 Å². The third-order valence-electron chi connectivity index (χ3n) is 4.73. The van der Waals surface area contributed by atoms with E-state index in [-0.39, 0.29) is 26.5 Å². The number of rotatable bonds is 12. The SMILES string of the molecule is CC.CCOCCC(=O)NCC1CCC(NC(=O)CCCC(=O)CC)CC1.[HH].[HH]. The molecule has 1 aliphatic carbocycles. The monoisotopic (exact) mass is 388 g/mol. The van der Waals surface area contributed by atoms with Crippen LogP contribution in [0.2, 0.25) is 0 Å². The minimum absolute atomic E-state index is 0. The maximum Gasteiger partial charge on any atom is 0.222 e. The van der Waals surface area contributed by atoms with Crippen LogP contribution in [0, 0.1) is 5.92 Å². The molecular formula is C21H44N2O4. The normalized spacial score (nSPS) is 18.8. The third-order valence-corrected chi connectivity index (χ3v) is 4.73. The van der Waals surface area contributed by atoms with Gasteiger partial charge in [0.15, 0.2) is 0 Å².